The molecular formula is C27H27NO6. The van der Waals surface area contributed by atoms with Crippen molar-refractivity contribution < 1.29 is 28.6 Å². The van der Waals surface area contributed by atoms with Gasteiger partial charge in [0.15, 0.2) is 0 Å². The largest absolute Gasteiger partial charge is 0.507 e. The predicted octanol–water partition coefficient (Wildman–Crippen LogP) is 4.94. The second-order valence-corrected chi connectivity index (χ2v) is 8.51. The lowest BCUT2D eigenvalue weighted by molar-refractivity contribution is -0.140. The lowest BCUT2D eigenvalue weighted by atomic mass is 9.95. The fourth-order valence-corrected chi connectivity index (χ4v) is 3.87. The molecule has 0 saturated carbocycles. The van der Waals surface area contributed by atoms with Crippen molar-refractivity contribution in [2.75, 3.05) is 13.7 Å². The van der Waals surface area contributed by atoms with Crippen molar-refractivity contribution in [1.29, 1.82) is 0 Å². The van der Waals surface area contributed by atoms with Crippen LogP contribution in [0.15, 0.2) is 76.9 Å². The van der Waals surface area contributed by atoms with Gasteiger partial charge < -0.3 is 23.9 Å². The fraction of sp³-hybridized carbons (Fsp3) is 0.259. The van der Waals surface area contributed by atoms with Crippen LogP contribution >= 0.6 is 0 Å². The fourth-order valence-electron chi connectivity index (χ4n) is 3.87. The molecule has 4 rings (SSSR count). The lowest BCUT2D eigenvalue weighted by Gasteiger charge is -2.24. The molecule has 1 saturated heterocycles. The number of carbonyl (C=O) groups excluding carboxylic acids is 2. The van der Waals surface area contributed by atoms with Crippen molar-refractivity contribution in [3.63, 3.8) is 0 Å². The van der Waals surface area contributed by atoms with Crippen LogP contribution in [-0.2, 0) is 16.1 Å². The highest BCUT2D eigenvalue weighted by Crippen LogP contribution is 2.40. The van der Waals surface area contributed by atoms with E-state index in [4.69, 9.17) is 13.9 Å². The quantitative estimate of drug-likeness (QED) is 0.290. The smallest absolute Gasteiger partial charge is 0.296 e. The highest BCUT2D eigenvalue weighted by Gasteiger charge is 2.46. The molecule has 2 aromatic carbocycles. The Morgan fingerprint density at radius 1 is 1.03 bits per heavy atom. The molecule has 7 heteroatoms. The number of amides is 1. The molecule has 0 bridgehead atoms. The van der Waals surface area contributed by atoms with Gasteiger partial charge in [-0.1, -0.05) is 26.0 Å². The first-order valence-electron chi connectivity index (χ1n) is 11.1. The van der Waals surface area contributed by atoms with E-state index in [-0.39, 0.29) is 17.9 Å². The predicted molar refractivity (Wildman–Crippen MR) is 126 cm³/mol. The number of likely N-dealkylation sites (tertiary alicyclic amines) is 1. The van der Waals surface area contributed by atoms with E-state index in [9.17, 15) is 14.7 Å². The van der Waals surface area contributed by atoms with Crippen LogP contribution in [0.1, 0.15) is 36.8 Å². The molecule has 7 nitrogen and oxygen atoms in total. The summed E-state index contributed by atoms with van der Waals surface area (Å²) < 4.78 is 16.4. The summed E-state index contributed by atoms with van der Waals surface area (Å²) >= 11 is 0. The molecule has 2 heterocycles. The van der Waals surface area contributed by atoms with Crippen LogP contribution < -0.4 is 9.47 Å². The van der Waals surface area contributed by atoms with Crippen molar-refractivity contribution in [3.05, 3.63) is 89.4 Å². The first kappa shape index (κ1) is 23.2. The number of carbonyl (C=O) groups is 2. The minimum atomic E-state index is -0.784. The average molecular weight is 462 g/mol. The molecule has 1 unspecified atom stereocenters. The summed E-state index contributed by atoms with van der Waals surface area (Å²) in [5, 5.41) is 11.2. The van der Waals surface area contributed by atoms with Gasteiger partial charge >= 0.3 is 0 Å². The van der Waals surface area contributed by atoms with Crippen molar-refractivity contribution in [2.45, 2.75) is 26.4 Å². The van der Waals surface area contributed by atoms with Crippen molar-refractivity contribution >= 4 is 17.4 Å². The van der Waals surface area contributed by atoms with Crippen molar-refractivity contribution in [2.24, 2.45) is 5.92 Å². The van der Waals surface area contributed by atoms with Gasteiger partial charge in [-0.25, -0.2) is 0 Å². The average Bonchev–Trinajstić information content (AvgIpc) is 3.45. The maximum Gasteiger partial charge on any atom is 0.296 e. The number of rotatable bonds is 8. The number of aliphatic hydroxyl groups is 1. The molecule has 34 heavy (non-hydrogen) atoms. The van der Waals surface area contributed by atoms with Crippen LogP contribution in [0.5, 0.6) is 11.5 Å². The lowest BCUT2D eigenvalue weighted by Crippen LogP contribution is -2.29. The van der Waals surface area contributed by atoms with Gasteiger partial charge in [0, 0.05) is 5.56 Å². The topological polar surface area (TPSA) is 89.2 Å². The Hall–Kier alpha value is -4.00. The van der Waals surface area contributed by atoms with Gasteiger partial charge in [-0.2, -0.15) is 0 Å². The number of ketones is 1. The number of hydrogen-bond acceptors (Lipinski definition) is 6. The number of methoxy groups -OCH3 is 1. The van der Waals surface area contributed by atoms with E-state index in [1.165, 1.54) is 11.2 Å². The maximum atomic E-state index is 13.1. The Labute approximate surface area is 198 Å². The zero-order valence-electron chi connectivity index (χ0n) is 19.4. The zero-order chi connectivity index (χ0) is 24.2. The van der Waals surface area contributed by atoms with Crippen LogP contribution in [0.3, 0.4) is 0 Å². The zero-order valence-corrected chi connectivity index (χ0v) is 19.4. The summed E-state index contributed by atoms with van der Waals surface area (Å²) in [5.74, 6) is 0.533. The molecule has 1 atom stereocenters. The van der Waals surface area contributed by atoms with Crippen LogP contribution in [0.2, 0.25) is 0 Å². The Balaban J connectivity index is 1.75. The van der Waals surface area contributed by atoms with Gasteiger partial charge in [-0.05, 0) is 60.0 Å². The number of aliphatic hydroxyl groups excluding tert-OH is 1. The summed E-state index contributed by atoms with van der Waals surface area (Å²) in [6.45, 7) is 4.77. The summed E-state index contributed by atoms with van der Waals surface area (Å²) in [4.78, 5) is 27.6. The SMILES string of the molecule is COc1ccc(C2/C(=C(/O)c3ccc(OCC(C)C)cc3)C(=O)C(=O)N2Cc2ccco2)cc1. The second kappa shape index (κ2) is 9.87. The van der Waals surface area contributed by atoms with Crippen LogP contribution in [0.25, 0.3) is 5.76 Å². The third-order valence-electron chi connectivity index (χ3n) is 5.59. The van der Waals surface area contributed by atoms with Crippen LogP contribution in [0, 0.1) is 5.92 Å². The maximum absolute atomic E-state index is 13.1. The molecule has 0 aliphatic carbocycles. The summed E-state index contributed by atoms with van der Waals surface area (Å²) in [7, 11) is 1.56. The Morgan fingerprint density at radius 3 is 2.29 bits per heavy atom. The Morgan fingerprint density at radius 2 is 1.71 bits per heavy atom. The summed E-state index contributed by atoms with van der Waals surface area (Å²) in [6.07, 6.45) is 1.51. The molecular weight excluding hydrogens is 434 g/mol. The van der Waals surface area contributed by atoms with Gasteiger partial charge in [0.05, 0.1) is 38.1 Å². The minimum Gasteiger partial charge on any atom is -0.507 e. The van der Waals surface area contributed by atoms with Gasteiger partial charge in [0.2, 0.25) is 0 Å². The van der Waals surface area contributed by atoms with E-state index in [0.717, 1.165) is 0 Å². The highest BCUT2D eigenvalue weighted by molar-refractivity contribution is 6.46. The summed E-state index contributed by atoms with van der Waals surface area (Å²) in [5.41, 5.74) is 1.12. The highest BCUT2D eigenvalue weighted by atomic mass is 16.5. The number of Topliss-reactive ketones (excluding diaryl/α,β-unsaturated/α-hetero) is 1. The van der Waals surface area contributed by atoms with Gasteiger partial charge in [-0.15, -0.1) is 0 Å². The van der Waals surface area contributed by atoms with E-state index in [1.807, 2.05) is 0 Å². The number of nitrogens with zero attached hydrogens (tertiary/aromatic N) is 1. The molecule has 1 amide bonds. The number of benzene rings is 2. The van der Waals surface area contributed by atoms with Gasteiger partial charge in [0.25, 0.3) is 11.7 Å². The first-order valence-corrected chi connectivity index (χ1v) is 11.1. The van der Waals surface area contributed by atoms with E-state index in [0.29, 0.717) is 40.9 Å². The standard InChI is InChI=1S/C27H27NO6/c1-17(2)16-34-21-12-8-19(9-13-21)25(29)23-24(18-6-10-20(32-3)11-7-18)28(27(31)26(23)30)15-22-5-4-14-33-22/h4-14,17,24,29H,15-16H2,1-3H3/b25-23-. The van der Waals surface area contributed by atoms with Crippen LogP contribution in [0.4, 0.5) is 0 Å². The summed E-state index contributed by atoms with van der Waals surface area (Å²) in [6, 6.07) is 16.6. The number of hydrogen-bond donors (Lipinski definition) is 1. The van der Waals surface area contributed by atoms with Crippen molar-refractivity contribution in [1.82, 2.24) is 4.90 Å². The Bertz CT molecular complexity index is 1180. The van der Waals surface area contributed by atoms with Crippen LogP contribution in [-0.4, -0.2) is 35.4 Å². The minimum absolute atomic E-state index is 0.0255. The third kappa shape index (κ3) is 4.69. The second-order valence-electron chi connectivity index (χ2n) is 8.51. The van der Waals surface area contributed by atoms with Gasteiger partial charge in [0.1, 0.15) is 23.0 Å². The molecule has 0 spiro atoms. The third-order valence-corrected chi connectivity index (χ3v) is 5.59. The molecule has 3 aromatic rings. The molecule has 176 valence electrons. The number of ether oxygens (including phenoxy) is 2. The van der Waals surface area contributed by atoms with E-state index < -0.39 is 17.7 Å². The van der Waals surface area contributed by atoms with Crippen molar-refractivity contribution in [3.8, 4) is 11.5 Å². The van der Waals surface area contributed by atoms with E-state index in [2.05, 4.69) is 13.8 Å². The molecule has 1 aliphatic heterocycles. The molecule has 1 aromatic heterocycles. The van der Waals surface area contributed by atoms with Gasteiger partial charge in [-0.3, -0.25) is 9.59 Å². The Kier molecular flexibility index (Phi) is 6.72. The first-order chi connectivity index (χ1) is 16.4. The van der Waals surface area contributed by atoms with E-state index >= 15 is 0 Å². The number of furan rings is 1. The molecule has 1 N–H and O–H groups in total. The molecule has 0 radical (unpaired) electrons. The monoisotopic (exact) mass is 461 g/mol. The molecule has 1 aliphatic rings. The van der Waals surface area contributed by atoms with E-state index in [1.54, 1.807) is 67.8 Å². The molecule has 1 fully saturated rings. The normalized spacial score (nSPS) is 17.4.